The molecule has 1 saturated heterocycles. The van der Waals surface area contributed by atoms with Crippen LogP contribution in [-0.4, -0.2) is 47.0 Å². The fourth-order valence-corrected chi connectivity index (χ4v) is 4.45. The number of pyridine rings is 1. The minimum absolute atomic E-state index is 0.0469. The molecule has 2 aromatic heterocycles. The maximum Gasteiger partial charge on any atom is 0.417 e. The van der Waals surface area contributed by atoms with E-state index in [-0.39, 0.29) is 10.9 Å². The fourth-order valence-electron chi connectivity index (χ4n) is 3.63. The molecular formula is C21H19ClF3N5OS. The number of halogens is 4. The van der Waals surface area contributed by atoms with Gasteiger partial charge in [-0.2, -0.15) is 13.2 Å². The van der Waals surface area contributed by atoms with E-state index < -0.39 is 17.8 Å². The lowest BCUT2D eigenvalue weighted by molar-refractivity contribution is -0.137. The zero-order chi connectivity index (χ0) is 22.7. The van der Waals surface area contributed by atoms with E-state index in [2.05, 4.69) is 15.3 Å². The average molecular weight is 482 g/mol. The molecule has 1 unspecified atom stereocenters. The van der Waals surface area contributed by atoms with Crippen LogP contribution >= 0.6 is 22.9 Å². The number of piperazine rings is 1. The molecule has 32 heavy (non-hydrogen) atoms. The number of aromatic nitrogens is 2. The van der Waals surface area contributed by atoms with Gasteiger partial charge in [-0.3, -0.25) is 9.69 Å². The first-order chi connectivity index (χ1) is 15.3. The molecule has 1 atom stereocenters. The van der Waals surface area contributed by atoms with E-state index in [4.69, 9.17) is 11.6 Å². The summed E-state index contributed by atoms with van der Waals surface area (Å²) in [5.74, 6) is 0.119. The number of amides is 1. The van der Waals surface area contributed by atoms with Gasteiger partial charge in [-0.25, -0.2) is 9.97 Å². The SMILES string of the molecule is O=C(Nc1nccs1)C(c1ccccc1)N1CCN(c2ncc(C(F)(F)F)cc2Cl)CC1. The number of rotatable bonds is 5. The Kier molecular flexibility index (Phi) is 6.63. The van der Waals surface area contributed by atoms with Crippen LogP contribution in [0.5, 0.6) is 0 Å². The highest BCUT2D eigenvalue weighted by Gasteiger charge is 2.34. The van der Waals surface area contributed by atoms with Crippen molar-refractivity contribution in [2.24, 2.45) is 0 Å². The molecule has 4 rings (SSSR count). The van der Waals surface area contributed by atoms with Crippen molar-refractivity contribution in [1.82, 2.24) is 14.9 Å². The van der Waals surface area contributed by atoms with Gasteiger partial charge in [-0.15, -0.1) is 11.3 Å². The molecule has 3 heterocycles. The number of nitrogens with one attached hydrogen (secondary N) is 1. The molecule has 1 fully saturated rings. The van der Waals surface area contributed by atoms with Gasteiger partial charge in [0.1, 0.15) is 11.9 Å². The Bertz CT molecular complexity index is 1060. The minimum Gasteiger partial charge on any atom is -0.353 e. The Hall–Kier alpha value is -2.69. The van der Waals surface area contributed by atoms with Crippen LogP contribution in [0.2, 0.25) is 5.02 Å². The van der Waals surface area contributed by atoms with Crippen LogP contribution in [0.15, 0.2) is 54.2 Å². The van der Waals surface area contributed by atoms with Crippen LogP contribution in [-0.2, 0) is 11.0 Å². The molecule has 1 aliphatic heterocycles. The predicted molar refractivity (Wildman–Crippen MR) is 118 cm³/mol. The van der Waals surface area contributed by atoms with Crippen molar-refractivity contribution in [2.45, 2.75) is 12.2 Å². The topological polar surface area (TPSA) is 61.4 Å². The second-order valence-corrected chi connectivity index (χ2v) is 8.49. The summed E-state index contributed by atoms with van der Waals surface area (Å²) < 4.78 is 38.7. The van der Waals surface area contributed by atoms with Crippen molar-refractivity contribution < 1.29 is 18.0 Å². The number of benzene rings is 1. The van der Waals surface area contributed by atoms with E-state index >= 15 is 0 Å². The average Bonchev–Trinajstić information content (AvgIpc) is 3.28. The standard InChI is InChI=1S/C21H19ClF3N5OS/c22-16-12-15(21(23,24)25)13-27-18(16)30-9-7-29(8-10-30)17(14-4-2-1-3-5-14)19(31)28-20-26-6-11-32-20/h1-6,11-13,17H,7-10H2,(H,26,28,31). The van der Waals surface area contributed by atoms with Crippen molar-refractivity contribution >= 4 is 39.8 Å². The van der Waals surface area contributed by atoms with Gasteiger partial charge in [-0.05, 0) is 11.6 Å². The summed E-state index contributed by atoms with van der Waals surface area (Å²) in [5, 5.41) is 5.12. The van der Waals surface area contributed by atoms with Crippen molar-refractivity contribution in [2.75, 3.05) is 36.4 Å². The second-order valence-electron chi connectivity index (χ2n) is 7.19. The Morgan fingerprint density at radius 2 is 1.84 bits per heavy atom. The van der Waals surface area contributed by atoms with Gasteiger partial charge in [0.15, 0.2) is 5.13 Å². The first kappa shape index (κ1) is 22.5. The maximum absolute atomic E-state index is 13.1. The Labute approximate surface area is 191 Å². The van der Waals surface area contributed by atoms with Gasteiger partial charge < -0.3 is 10.2 Å². The quantitative estimate of drug-likeness (QED) is 0.571. The monoisotopic (exact) mass is 481 g/mol. The number of hydrogen-bond donors (Lipinski definition) is 1. The summed E-state index contributed by atoms with van der Waals surface area (Å²) in [4.78, 5) is 25.0. The Morgan fingerprint density at radius 3 is 2.44 bits per heavy atom. The summed E-state index contributed by atoms with van der Waals surface area (Å²) in [7, 11) is 0. The molecule has 0 radical (unpaired) electrons. The summed E-state index contributed by atoms with van der Waals surface area (Å²) >= 11 is 7.45. The molecule has 168 valence electrons. The highest BCUT2D eigenvalue weighted by molar-refractivity contribution is 7.13. The molecular weight excluding hydrogens is 463 g/mol. The molecule has 0 aliphatic carbocycles. The Morgan fingerprint density at radius 1 is 1.12 bits per heavy atom. The molecule has 0 saturated carbocycles. The smallest absolute Gasteiger partial charge is 0.353 e. The van der Waals surface area contributed by atoms with E-state index in [0.29, 0.717) is 37.1 Å². The van der Waals surface area contributed by atoms with E-state index in [0.717, 1.165) is 17.8 Å². The third kappa shape index (κ3) is 5.03. The van der Waals surface area contributed by atoms with Crippen molar-refractivity contribution in [3.8, 4) is 0 Å². The molecule has 11 heteroatoms. The van der Waals surface area contributed by atoms with Gasteiger partial charge in [0.05, 0.1) is 10.6 Å². The molecule has 1 aliphatic rings. The number of carbonyl (C=O) groups is 1. The van der Waals surface area contributed by atoms with E-state index in [9.17, 15) is 18.0 Å². The molecule has 0 bridgehead atoms. The van der Waals surface area contributed by atoms with E-state index in [1.807, 2.05) is 40.1 Å². The van der Waals surface area contributed by atoms with Gasteiger partial charge in [0.25, 0.3) is 0 Å². The number of alkyl halides is 3. The van der Waals surface area contributed by atoms with Crippen molar-refractivity contribution in [3.05, 3.63) is 70.3 Å². The first-order valence-corrected chi connectivity index (χ1v) is 11.1. The summed E-state index contributed by atoms with van der Waals surface area (Å²) in [6, 6.07) is 9.79. The van der Waals surface area contributed by atoms with Crippen LogP contribution in [0, 0.1) is 0 Å². The van der Waals surface area contributed by atoms with Crippen molar-refractivity contribution in [1.29, 1.82) is 0 Å². The van der Waals surface area contributed by atoms with Gasteiger partial charge in [0.2, 0.25) is 5.91 Å². The number of anilines is 2. The van der Waals surface area contributed by atoms with Crippen LogP contribution in [0.1, 0.15) is 17.2 Å². The predicted octanol–water partition coefficient (Wildman–Crippen LogP) is 4.71. The van der Waals surface area contributed by atoms with Crippen molar-refractivity contribution in [3.63, 3.8) is 0 Å². The Balaban J connectivity index is 1.49. The van der Waals surface area contributed by atoms with Gasteiger partial charge in [0, 0.05) is 44.0 Å². The lowest BCUT2D eigenvalue weighted by atomic mass is 10.0. The zero-order valence-electron chi connectivity index (χ0n) is 16.7. The third-order valence-electron chi connectivity index (χ3n) is 5.15. The third-order valence-corrected chi connectivity index (χ3v) is 6.12. The van der Waals surface area contributed by atoms with Crippen LogP contribution in [0.3, 0.4) is 0 Å². The van der Waals surface area contributed by atoms with E-state index in [1.54, 1.807) is 11.6 Å². The number of thiazole rings is 1. The lowest BCUT2D eigenvalue weighted by Crippen LogP contribution is -2.50. The maximum atomic E-state index is 13.1. The molecule has 1 aromatic carbocycles. The molecule has 6 nitrogen and oxygen atoms in total. The number of nitrogens with zero attached hydrogens (tertiary/aromatic N) is 4. The summed E-state index contributed by atoms with van der Waals surface area (Å²) in [5.41, 5.74) is -0.0337. The second kappa shape index (κ2) is 9.43. The van der Waals surface area contributed by atoms with Crippen LogP contribution in [0.4, 0.5) is 24.1 Å². The molecule has 3 aromatic rings. The number of carbonyl (C=O) groups excluding carboxylic acids is 1. The largest absolute Gasteiger partial charge is 0.417 e. The molecule has 1 N–H and O–H groups in total. The van der Waals surface area contributed by atoms with Gasteiger partial charge in [-0.1, -0.05) is 41.9 Å². The summed E-state index contributed by atoms with van der Waals surface area (Å²) in [6.45, 7) is 1.94. The highest BCUT2D eigenvalue weighted by Crippen LogP contribution is 2.34. The van der Waals surface area contributed by atoms with Crippen LogP contribution < -0.4 is 10.2 Å². The molecule has 0 spiro atoms. The van der Waals surface area contributed by atoms with Gasteiger partial charge >= 0.3 is 6.18 Å². The minimum atomic E-state index is -4.50. The van der Waals surface area contributed by atoms with Crippen LogP contribution in [0.25, 0.3) is 0 Å². The fraction of sp³-hybridized carbons (Fsp3) is 0.286. The number of hydrogen-bond acceptors (Lipinski definition) is 6. The first-order valence-electron chi connectivity index (χ1n) is 9.80. The highest BCUT2D eigenvalue weighted by atomic mass is 35.5. The zero-order valence-corrected chi connectivity index (χ0v) is 18.3. The normalized spacial score (nSPS) is 16.1. The summed E-state index contributed by atoms with van der Waals surface area (Å²) in [6.07, 6.45) is -2.08. The molecule has 1 amide bonds. The van der Waals surface area contributed by atoms with E-state index in [1.165, 1.54) is 11.3 Å². The lowest BCUT2D eigenvalue weighted by Gasteiger charge is -2.39.